The first-order valence-electron chi connectivity index (χ1n) is 11.1. The Bertz CT molecular complexity index is 1190. The van der Waals surface area contributed by atoms with E-state index in [0.29, 0.717) is 27.6 Å². The highest BCUT2D eigenvalue weighted by Crippen LogP contribution is 2.29. The van der Waals surface area contributed by atoms with Gasteiger partial charge in [-0.3, -0.25) is 10.1 Å². The van der Waals surface area contributed by atoms with Crippen LogP contribution in [0.25, 0.3) is 17.4 Å². The van der Waals surface area contributed by atoms with Crippen molar-refractivity contribution in [1.29, 1.82) is 0 Å². The molecule has 2 N–H and O–H groups in total. The number of hydrogen-bond acceptors (Lipinski definition) is 4. The van der Waals surface area contributed by atoms with Crippen LogP contribution in [0.5, 0.6) is 0 Å². The fraction of sp³-hybridized carbons (Fsp3) is 0.231. The first-order chi connectivity index (χ1) is 16.4. The number of piperidine rings is 1. The summed E-state index contributed by atoms with van der Waals surface area (Å²) in [5.74, 6) is 0.756. The minimum absolute atomic E-state index is 0.224. The maximum absolute atomic E-state index is 12.3. The van der Waals surface area contributed by atoms with Gasteiger partial charge in [-0.05, 0) is 99.1 Å². The summed E-state index contributed by atoms with van der Waals surface area (Å²) < 4.78 is 5.76. The Labute approximate surface area is 214 Å². The number of amides is 1. The highest BCUT2D eigenvalue weighted by molar-refractivity contribution is 7.80. The van der Waals surface area contributed by atoms with E-state index in [1.165, 1.54) is 31.0 Å². The van der Waals surface area contributed by atoms with Crippen LogP contribution in [0.3, 0.4) is 0 Å². The lowest BCUT2D eigenvalue weighted by Crippen LogP contribution is -2.37. The Morgan fingerprint density at radius 1 is 1.09 bits per heavy atom. The predicted octanol–water partition coefficient (Wildman–Crippen LogP) is 7.16. The molecule has 1 unspecified atom stereocenters. The molecule has 8 heteroatoms. The number of halogens is 2. The lowest BCUT2D eigenvalue weighted by Gasteiger charge is -2.35. The molecule has 1 aromatic heterocycles. The van der Waals surface area contributed by atoms with Gasteiger partial charge in [-0.25, -0.2) is 0 Å². The van der Waals surface area contributed by atoms with Crippen molar-refractivity contribution < 1.29 is 9.21 Å². The molecule has 4 rings (SSSR count). The summed E-state index contributed by atoms with van der Waals surface area (Å²) in [6.45, 7) is 3.35. The number of thiocarbonyl (C=S) groups is 1. The van der Waals surface area contributed by atoms with Crippen LogP contribution in [-0.2, 0) is 4.79 Å². The van der Waals surface area contributed by atoms with Crippen molar-refractivity contribution >= 4 is 63.9 Å². The Hall–Kier alpha value is -2.80. The predicted molar refractivity (Wildman–Crippen MR) is 145 cm³/mol. The average molecular weight is 514 g/mol. The van der Waals surface area contributed by atoms with E-state index in [-0.39, 0.29) is 11.0 Å². The second-order valence-corrected chi connectivity index (χ2v) is 9.50. The van der Waals surface area contributed by atoms with Gasteiger partial charge < -0.3 is 14.6 Å². The zero-order chi connectivity index (χ0) is 24.1. The molecule has 176 valence electrons. The average Bonchev–Trinajstić information content (AvgIpc) is 3.27. The van der Waals surface area contributed by atoms with Gasteiger partial charge >= 0.3 is 0 Å². The van der Waals surface area contributed by atoms with Crippen molar-refractivity contribution in [2.45, 2.75) is 32.2 Å². The number of hydrogen-bond donors (Lipinski definition) is 2. The maximum atomic E-state index is 12.3. The molecule has 5 nitrogen and oxygen atoms in total. The van der Waals surface area contributed by atoms with Crippen LogP contribution in [0.1, 0.15) is 31.9 Å². The quantitative estimate of drug-likeness (QED) is 0.280. The highest BCUT2D eigenvalue weighted by Gasteiger charge is 2.18. The molecule has 2 heterocycles. The van der Waals surface area contributed by atoms with Crippen molar-refractivity contribution in [3.8, 4) is 11.3 Å². The summed E-state index contributed by atoms with van der Waals surface area (Å²) in [7, 11) is 0. The van der Waals surface area contributed by atoms with Crippen LogP contribution in [-0.4, -0.2) is 23.6 Å². The number of nitrogens with zero attached hydrogens (tertiary/aromatic N) is 1. The number of benzene rings is 2. The molecule has 1 saturated heterocycles. The van der Waals surface area contributed by atoms with E-state index in [9.17, 15) is 4.79 Å². The maximum Gasteiger partial charge on any atom is 0.250 e. The van der Waals surface area contributed by atoms with Gasteiger partial charge in [0.15, 0.2) is 5.11 Å². The minimum Gasteiger partial charge on any atom is -0.457 e. The number of furan rings is 1. The highest BCUT2D eigenvalue weighted by atomic mass is 35.5. The van der Waals surface area contributed by atoms with Gasteiger partial charge in [0.25, 0.3) is 0 Å². The third kappa shape index (κ3) is 6.41. The smallest absolute Gasteiger partial charge is 0.250 e. The van der Waals surface area contributed by atoms with Crippen LogP contribution >= 0.6 is 35.4 Å². The standard InChI is InChI=1S/C26H25Cl2N3O2S/c1-17-4-2-3-13-31(17)22-7-5-21(6-8-22)29-26(34)30-25(32)12-10-23-9-11-24(33-23)18-14-19(27)16-20(28)15-18/h5-12,14-17H,2-4,13H2,1H3,(H2,29,30,32,34)/b12-10+. The van der Waals surface area contributed by atoms with E-state index in [2.05, 4.69) is 34.6 Å². The fourth-order valence-electron chi connectivity index (χ4n) is 3.99. The van der Waals surface area contributed by atoms with Gasteiger partial charge in [-0.15, -0.1) is 0 Å². The molecule has 1 atom stereocenters. The van der Waals surface area contributed by atoms with E-state index >= 15 is 0 Å². The Morgan fingerprint density at radius 2 is 1.82 bits per heavy atom. The molecule has 2 aromatic carbocycles. The van der Waals surface area contributed by atoms with E-state index in [0.717, 1.165) is 17.8 Å². The van der Waals surface area contributed by atoms with Crippen molar-refractivity contribution in [2.75, 3.05) is 16.8 Å². The van der Waals surface area contributed by atoms with Crippen LogP contribution in [0.15, 0.2) is 65.1 Å². The van der Waals surface area contributed by atoms with Gasteiger partial charge in [0.2, 0.25) is 5.91 Å². The van der Waals surface area contributed by atoms with Crippen molar-refractivity contribution in [3.63, 3.8) is 0 Å². The Kier molecular flexibility index (Phi) is 7.93. The molecule has 0 saturated carbocycles. The lowest BCUT2D eigenvalue weighted by molar-refractivity contribution is -0.115. The van der Waals surface area contributed by atoms with E-state index in [1.54, 1.807) is 36.4 Å². The molecule has 0 spiro atoms. The molecular weight excluding hydrogens is 489 g/mol. The van der Waals surface area contributed by atoms with Gasteiger partial charge in [-0.1, -0.05) is 23.2 Å². The monoisotopic (exact) mass is 513 g/mol. The zero-order valence-electron chi connectivity index (χ0n) is 18.7. The van der Waals surface area contributed by atoms with Gasteiger partial charge in [0, 0.05) is 45.6 Å². The summed E-state index contributed by atoms with van der Waals surface area (Å²) in [5.41, 5.74) is 2.78. The molecule has 3 aromatic rings. The van der Waals surface area contributed by atoms with Gasteiger partial charge in [0.1, 0.15) is 11.5 Å². The molecule has 1 amide bonds. The van der Waals surface area contributed by atoms with Crippen molar-refractivity contribution in [1.82, 2.24) is 5.32 Å². The largest absolute Gasteiger partial charge is 0.457 e. The number of nitrogens with one attached hydrogen (secondary N) is 2. The molecule has 1 fully saturated rings. The molecule has 0 bridgehead atoms. The number of anilines is 2. The van der Waals surface area contributed by atoms with Gasteiger partial charge in [0.05, 0.1) is 0 Å². The van der Waals surface area contributed by atoms with Crippen LogP contribution in [0.2, 0.25) is 10.0 Å². The Balaban J connectivity index is 1.30. The molecule has 0 aliphatic carbocycles. The molecular formula is C26H25Cl2N3O2S. The SMILES string of the molecule is CC1CCCCN1c1ccc(NC(=S)NC(=O)/C=C/c2ccc(-c3cc(Cl)cc(Cl)c3)o2)cc1. The molecule has 1 aliphatic rings. The summed E-state index contributed by atoms with van der Waals surface area (Å²) in [6, 6.07) is 17.4. The Morgan fingerprint density at radius 3 is 2.53 bits per heavy atom. The summed E-state index contributed by atoms with van der Waals surface area (Å²) >= 11 is 17.4. The molecule has 34 heavy (non-hydrogen) atoms. The zero-order valence-corrected chi connectivity index (χ0v) is 21.0. The van der Waals surface area contributed by atoms with Crippen molar-refractivity contribution in [2.24, 2.45) is 0 Å². The van der Waals surface area contributed by atoms with E-state index in [4.69, 9.17) is 39.8 Å². The van der Waals surface area contributed by atoms with Crippen molar-refractivity contribution in [3.05, 3.63) is 76.5 Å². The first kappa shape index (κ1) is 24.3. The fourth-order valence-corrected chi connectivity index (χ4v) is 4.73. The van der Waals surface area contributed by atoms with E-state index < -0.39 is 0 Å². The third-order valence-electron chi connectivity index (χ3n) is 5.67. The van der Waals surface area contributed by atoms with Crippen LogP contribution in [0.4, 0.5) is 11.4 Å². The lowest BCUT2D eigenvalue weighted by atomic mass is 10.0. The summed E-state index contributed by atoms with van der Waals surface area (Å²) in [5, 5.41) is 6.96. The van der Waals surface area contributed by atoms with Gasteiger partial charge in [-0.2, -0.15) is 0 Å². The van der Waals surface area contributed by atoms with E-state index in [1.807, 2.05) is 12.1 Å². The molecule has 0 radical (unpaired) electrons. The normalized spacial score (nSPS) is 16.0. The van der Waals surface area contributed by atoms with Crippen LogP contribution in [0, 0.1) is 0 Å². The molecule has 1 aliphatic heterocycles. The summed E-state index contributed by atoms with van der Waals surface area (Å²) in [4.78, 5) is 14.7. The topological polar surface area (TPSA) is 57.5 Å². The number of rotatable bonds is 5. The second kappa shape index (κ2) is 11.1. The second-order valence-electron chi connectivity index (χ2n) is 8.22. The summed E-state index contributed by atoms with van der Waals surface area (Å²) in [6.07, 6.45) is 6.67. The minimum atomic E-state index is -0.361. The third-order valence-corrected chi connectivity index (χ3v) is 6.31. The first-order valence-corrected chi connectivity index (χ1v) is 12.3. The number of carbonyl (C=O) groups is 1. The number of carbonyl (C=O) groups excluding carboxylic acids is 1. The van der Waals surface area contributed by atoms with Crippen LogP contribution < -0.4 is 15.5 Å².